The quantitative estimate of drug-likeness (QED) is 0.116. The van der Waals surface area contributed by atoms with E-state index in [1.807, 2.05) is 0 Å². The van der Waals surface area contributed by atoms with Gasteiger partial charge in [-0.2, -0.15) is 0 Å². The Balaban J connectivity index is -0.000000980. The Hall–Kier alpha value is 0.247. The molecule has 98 valence electrons. The van der Waals surface area contributed by atoms with Crippen LogP contribution in [0.25, 0.3) is 0 Å². The minimum absolute atomic E-state index is 0. The summed E-state index contributed by atoms with van der Waals surface area (Å²) in [6.45, 7) is -0.746. The van der Waals surface area contributed by atoms with Gasteiger partial charge in [-0.15, -0.1) is 0 Å². The smallest absolute Gasteiger partial charge is 0.772 e. The first kappa shape index (κ1) is 22.4. The van der Waals surface area contributed by atoms with Crippen LogP contribution < -0.4 is 18.9 Å². The second kappa shape index (κ2) is 11.3. The first-order valence-electron chi connectivity index (χ1n) is 3.88. The van der Waals surface area contributed by atoms with Crippen molar-refractivity contribution in [3.63, 3.8) is 0 Å². The summed E-state index contributed by atoms with van der Waals surface area (Å²) in [4.78, 5) is 0. The van der Waals surface area contributed by atoms with Gasteiger partial charge in [0.1, 0.15) is 6.79 Å². The van der Waals surface area contributed by atoms with Crippen LogP contribution in [0.1, 0.15) is 0 Å². The average molecular weight is 280 g/mol. The van der Waals surface area contributed by atoms with Gasteiger partial charge in [0.2, 0.25) is 0 Å². The molecule has 1 unspecified atom stereocenters. The number of nitrogens with one attached hydrogen (secondary N) is 1. The summed E-state index contributed by atoms with van der Waals surface area (Å²) in [7, 11) is -3.53. The number of aliphatic hydroxyl groups is 1. The van der Waals surface area contributed by atoms with Gasteiger partial charge in [-0.05, 0) is 11.1 Å². The van der Waals surface area contributed by atoms with E-state index in [9.17, 15) is 17.2 Å². The molecule has 0 spiro atoms. The summed E-state index contributed by atoms with van der Waals surface area (Å²) in [5.41, 5.74) is -0.382. The fourth-order valence-corrected chi connectivity index (χ4v) is 2.44. The molecule has 1 atom stereocenters. The Labute approximate surface area is 116 Å². The van der Waals surface area contributed by atoms with Crippen LogP contribution in [0.15, 0.2) is 0 Å². The van der Waals surface area contributed by atoms with E-state index in [0.29, 0.717) is 0 Å². The zero-order valence-corrected chi connectivity index (χ0v) is 11.5. The van der Waals surface area contributed by atoms with Crippen LogP contribution in [0, 0.1) is 12.8 Å². The van der Waals surface area contributed by atoms with Crippen LogP contribution in [-0.2, 0) is 25.7 Å². The third-order valence-corrected chi connectivity index (χ3v) is 3.48. The van der Waals surface area contributed by atoms with Gasteiger partial charge in [-0.1, -0.05) is 0 Å². The number of hydrogen-bond acceptors (Lipinski definition) is 7. The van der Waals surface area contributed by atoms with Crippen molar-refractivity contribution in [2.45, 2.75) is 0 Å². The van der Waals surface area contributed by atoms with Crippen molar-refractivity contribution in [2.75, 3.05) is 30.7 Å². The van der Waals surface area contributed by atoms with Gasteiger partial charge in [0.15, 0.2) is 9.84 Å². The van der Waals surface area contributed by atoms with Crippen LogP contribution in [0.4, 0.5) is 0 Å². The molecule has 0 bridgehead atoms. The van der Waals surface area contributed by atoms with Crippen molar-refractivity contribution in [3.05, 3.63) is 7.43 Å². The van der Waals surface area contributed by atoms with E-state index < -0.39 is 39.2 Å². The first-order chi connectivity index (χ1) is 6.87. The number of hydrogen-bond donors (Lipinski definition) is 2. The minimum atomic E-state index is -3.53. The Kier molecular flexibility index (Phi) is 15.0. The fraction of sp³-hybridized carbons (Fsp3) is 0.714. The van der Waals surface area contributed by atoms with Crippen molar-refractivity contribution in [1.29, 1.82) is 5.41 Å². The molecular formula is C7H15LiNO6S2-. The molecule has 17 heavy (non-hydrogen) atoms. The zero-order chi connectivity index (χ0) is 11.9. The van der Waals surface area contributed by atoms with Gasteiger partial charge in [0.25, 0.3) is 0 Å². The van der Waals surface area contributed by atoms with Crippen LogP contribution in [-0.4, -0.2) is 58.7 Å². The average Bonchev–Trinajstić information content (AvgIpc) is 2.00. The minimum Gasteiger partial charge on any atom is -0.772 e. The first-order valence-corrected chi connectivity index (χ1v) is 6.95. The molecule has 0 rings (SSSR count). The van der Waals surface area contributed by atoms with Crippen LogP contribution in [0.2, 0.25) is 0 Å². The van der Waals surface area contributed by atoms with E-state index in [4.69, 9.17) is 10.5 Å². The maximum Gasteiger partial charge on any atom is 1.00 e. The van der Waals surface area contributed by atoms with E-state index in [-0.39, 0.29) is 44.4 Å². The Morgan fingerprint density at radius 2 is 2.00 bits per heavy atom. The monoisotopic (exact) mass is 280 g/mol. The van der Waals surface area contributed by atoms with Gasteiger partial charge in [-0.25, -0.2) is 8.42 Å². The van der Waals surface area contributed by atoms with E-state index >= 15 is 0 Å². The molecule has 0 saturated carbocycles. The molecule has 10 heteroatoms. The van der Waals surface area contributed by atoms with E-state index in [0.717, 1.165) is 0 Å². The predicted octanol–water partition coefficient (Wildman–Crippen LogP) is -4.28. The van der Waals surface area contributed by atoms with Gasteiger partial charge >= 0.3 is 18.9 Å². The topological polar surface area (TPSA) is 128 Å². The Bertz CT molecular complexity index is 331. The van der Waals surface area contributed by atoms with E-state index in [2.05, 4.69) is 4.74 Å². The molecule has 0 heterocycles. The number of rotatable bonds is 8. The predicted molar refractivity (Wildman–Crippen MR) is 59.6 cm³/mol. The molecule has 0 aromatic carbocycles. The molecule has 0 amide bonds. The van der Waals surface area contributed by atoms with Crippen LogP contribution in [0.5, 0.6) is 0 Å². The second-order valence-corrected chi connectivity index (χ2v) is 5.76. The summed E-state index contributed by atoms with van der Waals surface area (Å²) in [6.07, 6.45) is 0. The summed E-state index contributed by atoms with van der Waals surface area (Å²) >= 11 is -2.45. The van der Waals surface area contributed by atoms with E-state index in [1.54, 1.807) is 0 Å². The Morgan fingerprint density at radius 1 is 1.47 bits per heavy atom. The third kappa shape index (κ3) is 14.2. The van der Waals surface area contributed by atoms with Gasteiger partial charge < -0.3 is 27.2 Å². The van der Waals surface area contributed by atoms with Crippen molar-refractivity contribution in [1.82, 2.24) is 0 Å². The second-order valence-electron chi connectivity index (χ2n) is 2.68. The molecule has 0 aliphatic carbocycles. The normalized spacial score (nSPS) is 12.1. The molecule has 0 aliphatic heterocycles. The Morgan fingerprint density at radius 3 is 2.41 bits per heavy atom. The van der Waals surface area contributed by atoms with E-state index in [1.165, 1.54) is 0 Å². The molecule has 0 radical (unpaired) electrons. The maximum atomic E-state index is 11.2. The number of sulfone groups is 1. The van der Waals surface area contributed by atoms with Gasteiger partial charge in [0, 0.05) is 11.5 Å². The van der Waals surface area contributed by atoms with Crippen molar-refractivity contribution < 1.29 is 45.9 Å². The number of ether oxygens (including phenoxy) is 1. The molecule has 0 fully saturated rings. The maximum absolute atomic E-state index is 11.2. The summed E-state index contributed by atoms with van der Waals surface area (Å²) in [6, 6.07) is 0. The van der Waals surface area contributed by atoms with Gasteiger partial charge in [-0.3, -0.25) is 4.21 Å². The number of aliphatic hydroxyl groups excluding tert-OH is 1. The van der Waals surface area contributed by atoms with Crippen molar-refractivity contribution in [3.8, 4) is 0 Å². The zero-order valence-electron chi connectivity index (χ0n) is 9.84. The fourth-order valence-electron chi connectivity index (χ4n) is 0.772. The third-order valence-electron chi connectivity index (χ3n) is 1.32. The molecular weight excluding hydrogens is 265 g/mol. The van der Waals surface area contributed by atoms with Crippen molar-refractivity contribution >= 4 is 26.6 Å². The SMILES string of the molecule is N=C(CS(=O)[O-])CS(=O)(=O)CCOCO.[CH3-].[Li+]. The largest absolute Gasteiger partial charge is 1.00 e. The van der Waals surface area contributed by atoms with Gasteiger partial charge in [0.05, 0.1) is 18.1 Å². The standard InChI is InChI=1S/C6H13NO6S2.CH3.Li/c7-6(3-14(9)10)4-15(11,12)2-1-13-5-8;;/h7-8H,1-5H2,(H,9,10);1H3;/q;-1;+1/p-1. The summed E-state index contributed by atoms with van der Waals surface area (Å²) in [5, 5.41) is 15.3. The molecule has 2 N–H and O–H groups in total. The van der Waals surface area contributed by atoms with Crippen LogP contribution >= 0.6 is 0 Å². The molecule has 7 nitrogen and oxygen atoms in total. The van der Waals surface area contributed by atoms with Crippen molar-refractivity contribution in [2.24, 2.45) is 0 Å². The molecule has 0 aromatic rings. The summed E-state index contributed by atoms with van der Waals surface area (Å²) < 4.78 is 47.1. The molecule has 0 aromatic heterocycles. The molecule has 0 aliphatic rings. The molecule has 0 saturated heterocycles. The van der Waals surface area contributed by atoms with Crippen LogP contribution in [0.3, 0.4) is 0 Å². The summed E-state index contributed by atoms with van der Waals surface area (Å²) in [5.74, 6) is -1.53.